The van der Waals surface area contributed by atoms with Gasteiger partial charge in [-0.05, 0) is 39.1 Å². The van der Waals surface area contributed by atoms with E-state index >= 15 is 0 Å². The highest BCUT2D eigenvalue weighted by molar-refractivity contribution is 6.45. The lowest BCUT2D eigenvalue weighted by molar-refractivity contribution is -0.142. The monoisotopic (exact) mass is 378 g/mol. The maximum absolute atomic E-state index is 11.4. The lowest BCUT2D eigenvalue weighted by atomic mass is 9.84. The molecule has 25 heavy (non-hydrogen) atoms. The largest absolute Gasteiger partial charge is 0.464 e. The van der Waals surface area contributed by atoms with Crippen LogP contribution < -0.4 is 0 Å². The minimum atomic E-state index is -0.445. The molecule has 2 aliphatic rings. The highest BCUT2D eigenvalue weighted by Crippen LogP contribution is 2.18. The fourth-order valence-electron chi connectivity index (χ4n) is 3.14. The molecule has 0 aliphatic carbocycles. The first kappa shape index (κ1) is 22.0. The van der Waals surface area contributed by atoms with Crippen LogP contribution in [0.1, 0.15) is 32.6 Å². The zero-order chi connectivity index (χ0) is 18.8. The van der Waals surface area contributed by atoms with Crippen LogP contribution in [0, 0.1) is 0 Å². The second-order valence-corrected chi connectivity index (χ2v) is 6.38. The SMILES string of the molecule is CB(O)N1CCC[C@H]1CO.CC(=O)OC[C@@H]1CCCN1C(=O)OCCl. The number of rotatable bonds is 5. The van der Waals surface area contributed by atoms with Gasteiger partial charge in [0.2, 0.25) is 0 Å². The Morgan fingerprint density at radius 1 is 1.20 bits per heavy atom. The number of likely N-dealkylation sites (tertiary alicyclic amines) is 1. The Labute approximate surface area is 154 Å². The van der Waals surface area contributed by atoms with Crippen LogP contribution in [0.2, 0.25) is 6.82 Å². The van der Waals surface area contributed by atoms with E-state index in [1.54, 1.807) is 11.7 Å². The highest BCUT2D eigenvalue weighted by atomic mass is 35.5. The zero-order valence-corrected chi connectivity index (χ0v) is 15.7. The smallest absolute Gasteiger partial charge is 0.411 e. The summed E-state index contributed by atoms with van der Waals surface area (Å²) in [6, 6.07) is -0.0417. The first-order valence-electron chi connectivity index (χ1n) is 8.58. The first-order valence-corrected chi connectivity index (χ1v) is 9.11. The Kier molecular flexibility index (Phi) is 10.2. The Morgan fingerprint density at radius 2 is 1.84 bits per heavy atom. The van der Waals surface area contributed by atoms with Crippen molar-refractivity contribution in [1.29, 1.82) is 0 Å². The Hall–Kier alpha value is -1.03. The van der Waals surface area contributed by atoms with E-state index in [0.717, 1.165) is 32.2 Å². The highest BCUT2D eigenvalue weighted by Gasteiger charge is 2.30. The van der Waals surface area contributed by atoms with Crippen molar-refractivity contribution >= 4 is 30.7 Å². The van der Waals surface area contributed by atoms with E-state index in [4.69, 9.17) is 26.5 Å². The lowest BCUT2D eigenvalue weighted by Gasteiger charge is -2.22. The molecule has 8 nitrogen and oxygen atoms in total. The number of carbonyl (C=O) groups is 2. The second kappa shape index (κ2) is 11.6. The van der Waals surface area contributed by atoms with Gasteiger partial charge in [-0.1, -0.05) is 11.6 Å². The molecule has 2 heterocycles. The number of ether oxygens (including phenoxy) is 2. The van der Waals surface area contributed by atoms with E-state index in [0.29, 0.717) is 6.54 Å². The summed E-state index contributed by atoms with van der Waals surface area (Å²) in [5, 5.41) is 18.0. The maximum Gasteiger partial charge on any atom is 0.411 e. The fourth-order valence-corrected chi connectivity index (χ4v) is 3.23. The molecule has 0 aromatic heterocycles. The van der Waals surface area contributed by atoms with Gasteiger partial charge in [-0.3, -0.25) is 4.79 Å². The number of aliphatic hydroxyl groups excluding tert-OH is 1. The number of esters is 1. The topological polar surface area (TPSA) is 99.5 Å². The summed E-state index contributed by atoms with van der Waals surface area (Å²) in [6.07, 6.45) is 3.38. The predicted octanol–water partition coefficient (Wildman–Crippen LogP) is 0.900. The molecular weight excluding hydrogens is 350 g/mol. The summed E-state index contributed by atoms with van der Waals surface area (Å²) >= 11 is 5.29. The van der Waals surface area contributed by atoms with Crippen LogP contribution in [0.25, 0.3) is 0 Å². The normalized spacial score (nSPS) is 23.0. The van der Waals surface area contributed by atoms with Crippen LogP contribution in [0.3, 0.4) is 0 Å². The molecule has 0 aromatic rings. The van der Waals surface area contributed by atoms with Crippen molar-refractivity contribution in [2.45, 2.75) is 51.5 Å². The van der Waals surface area contributed by atoms with Crippen molar-refractivity contribution in [2.75, 3.05) is 32.4 Å². The summed E-state index contributed by atoms with van der Waals surface area (Å²) < 4.78 is 9.54. The van der Waals surface area contributed by atoms with Crippen molar-refractivity contribution in [3.8, 4) is 0 Å². The number of alkyl halides is 1. The number of amides is 1. The zero-order valence-electron chi connectivity index (χ0n) is 14.9. The molecular formula is C15H28BClN2O6. The number of hydrogen-bond donors (Lipinski definition) is 2. The minimum Gasteiger partial charge on any atom is -0.464 e. The van der Waals surface area contributed by atoms with Crippen LogP contribution >= 0.6 is 11.6 Å². The molecule has 0 aromatic carbocycles. The van der Waals surface area contributed by atoms with Gasteiger partial charge in [0, 0.05) is 19.5 Å². The summed E-state index contributed by atoms with van der Waals surface area (Å²) in [5.74, 6) is -0.340. The van der Waals surface area contributed by atoms with Crippen molar-refractivity contribution in [3.05, 3.63) is 0 Å². The molecule has 0 bridgehead atoms. The average Bonchev–Trinajstić information content (AvgIpc) is 3.22. The standard InChI is InChI=1S/C9H14ClNO4.C6H14BNO2/c1-7(12)14-5-8-3-2-4-11(8)9(13)15-6-10;1-7(10)8-4-2-3-6(8)5-9/h8H,2-6H2,1H3;6,9-10H,2-5H2,1H3/t8-;6-/m00/s1. The molecule has 10 heteroatoms. The van der Waals surface area contributed by atoms with Gasteiger partial charge in [0.05, 0.1) is 12.6 Å². The minimum absolute atomic E-state index is 0.0791. The number of hydrogen-bond acceptors (Lipinski definition) is 7. The number of halogens is 1. The molecule has 2 fully saturated rings. The van der Waals surface area contributed by atoms with E-state index in [1.807, 2.05) is 4.81 Å². The molecule has 0 radical (unpaired) electrons. The Balaban J connectivity index is 0.000000271. The van der Waals surface area contributed by atoms with Crippen LogP contribution in [-0.2, 0) is 14.3 Å². The predicted molar refractivity (Wildman–Crippen MR) is 94.2 cm³/mol. The molecule has 1 amide bonds. The molecule has 144 valence electrons. The summed E-state index contributed by atoms with van der Waals surface area (Å²) in [4.78, 5) is 25.5. The lowest BCUT2D eigenvalue weighted by Crippen LogP contribution is -2.42. The van der Waals surface area contributed by atoms with Crippen molar-refractivity contribution in [2.24, 2.45) is 0 Å². The van der Waals surface area contributed by atoms with E-state index in [9.17, 15) is 9.59 Å². The molecule has 2 N–H and O–H groups in total. The summed E-state index contributed by atoms with van der Waals surface area (Å²) in [5.41, 5.74) is 0. The van der Waals surface area contributed by atoms with Gasteiger partial charge in [-0.15, -0.1) is 0 Å². The first-order chi connectivity index (χ1) is 11.9. The van der Waals surface area contributed by atoms with Crippen molar-refractivity contribution < 1.29 is 29.2 Å². The number of nitrogens with zero attached hydrogens (tertiary/aromatic N) is 2. The van der Waals surface area contributed by atoms with Gasteiger partial charge in [-0.25, -0.2) is 4.79 Å². The fraction of sp³-hybridized carbons (Fsp3) is 0.867. The van der Waals surface area contributed by atoms with Gasteiger partial charge >= 0.3 is 19.1 Å². The van der Waals surface area contributed by atoms with Crippen LogP contribution in [0.4, 0.5) is 4.79 Å². The van der Waals surface area contributed by atoms with Gasteiger partial charge in [-0.2, -0.15) is 0 Å². The number of aliphatic hydroxyl groups is 1. The van der Waals surface area contributed by atoms with E-state index < -0.39 is 13.1 Å². The van der Waals surface area contributed by atoms with Gasteiger partial charge in [0.15, 0.2) is 6.07 Å². The van der Waals surface area contributed by atoms with E-state index in [-0.39, 0.29) is 37.3 Å². The molecule has 2 rings (SSSR count). The molecule has 2 saturated heterocycles. The summed E-state index contributed by atoms with van der Waals surface area (Å²) in [7, 11) is -0.403. The Bertz CT molecular complexity index is 429. The van der Waals surface area contributed by atoms with Gasteiger partial charge in [0.1, 0.15) is 6.61 Å². The molecule has 0 saturated carbocycles. The van der Waals surface area contributed by atoms with Crippen LogP contribution in [0.5, 0.6) is 0 Å². The van der Waals surface area contributed by atoms with Crippen molar-refractivity contribution in [3.63, 3.8) is 0 Å². The third-order valence-electron chi connectivity index (χ3n) is 4.38. The third kappa shape index (κ3) is 7.39. The molecule has 0 spiro atoms. The molecule has 2 atom stereocenters. The van der Waals surface area contributed by atoms with E-state index in [1.165, 1.54) is 6.92 Å². The Morgan fingerprint density at radius 3 is 2.36 bits per heavy atom. The van der Waals surface area contributed by atoms with Crippen LogP contribution in [0.15, 0.2) is 0 Å². The molecule has 0 unspecified atom stereocenters. The maximum atomic E-state index is 11.4. The van der Waals surface area contributed by atoms with E-state index in [2.05, 4.69) is 4.74 Å². The van der Waals surface area contributed by atoms with Crippen molar-refractivity contribution in [1.82, 2.24) is 9.71 Å². The second-order valence-electron chi connectivity index (χ2n) is 6.16. The molecule has 2 aliphatic heterocycles. The summed E-state index contributed by atoms with van der Waals surface area (Å²) in [6.45, 7) is 5.03. The van der Waals surface area contributed by atoms with Crippen LogP contribution in [-0.4, -0.2) is 83.4 Å². The van der Waals surface area contributed by atoms with Gasteiger partial charge in [0.25, 0.3) is 0 Å². The van der Waals surface area contributed by atoms with Gasteiger partial charge < -0.3 is 29.3 Å². The average molecular weight is 379 g/mol. The number of carbonyl (C=O) groups excluding carboxylic acids is 2. The third-order valence-corrected chi connectivity index (χ3v) is 4.49. The quantitative estimate of drug-likeness (QED) is 0.416.